The Kier molecular flexibility index (Phi) is 4.49. The number of hydrogen-bond donors (Lipinski definition) is 3. The van der Waals surface area contributed by atoms with Gasteiger partial charge in [-0.1, -0.05) is 6.92 Å². The highest BCUT2D eigenvalue weighted by molar-refractivity contribution is 6.10. The van der Waals surface area contributed by atoms with Gasteiger partial charge in [-0.25, -0.2) is 23.7 Å². The summed E-state index contributed by atoms with van der Waals surface area (Å²) in [4.78, 5) is 24.5. The van der Waals surface area contributed by atoms with Crippen molar-refractivity contribution in [1.82, 2.24) is 19.5 Å². The third-order valence-electron chi connectivity index (χ3n) is 5.14. The third kappa shape index (κ3) is 2.88. The second kappa shape index (κ2) is 6.90. The van der Waals surface area contributed by atoms with Gasteiger partial charge < -0.3 is 16.6 Å². The molecule has 3 heterocycles. The second-order valence-corrected chi connectivity index (χ2v) is 7.11. The highest BCUT2D eigenvalue weighted by Gasteiger charge is 2.29. The smallest absolute Gasteiger partial charge is 0.254 e. The Bertz CT molecular complexity index is 1280. The number of rotatable bonds is 3. The largest absolute Gasteiger partial charge is 0.508 e. The van der Waals surface area contributed by atoms with E-state index in [9.17, 15) is 18.7 Å². The lowest BCUT2D eigenvalue weighted by atomic mass is 9.93. The Morgan fingerprint density at radius 1 is 1.30 bits per heavy atom. The van der Waals surface area contributed by atoms with Crippen molar-refractivity contribution in [3.05, 3.63) is 53.1 Å². The van der Waals surface area contributed by atoms with E-state index in [1.54, 1.807) is 13.0 Å². The normalized spacial score (nSPS) is 16.8. The molecule has 3 aromatic heterocycles. The van der Waals surface area contributed by atoms with E-state index in [1.807, 2.05) is 6.92 Å². The first-order valence-electron chi connectivity index (χ1n) is 9.09. The molecule has 10 heteroatoms. The lowest BCUT2D eigenvalue weighted by Crippen LogP contribution is -2.17. The van der Waals surface area contributed by atoms with Crippen molar-refractivity contribution in [2.75, 3.05) is 5.73 Å². The first-order valence-corrected chi connectivity index (χ1v) is 9.09. The fourth-order valence-corrected chi connectivity index (χ4v) is 3.71. The lowest BCUT2D eigenvalue weighted by Gasteiger charge is -2.24. The molecule has 0 spiro atoms. The number of anilines is 1. The van der Waals surface area contributed by atoms with E-state index in [0.717, 1.165) is 6.20 Å². The summed E-state index contributed by atoms with van der Waals surface area (Å²) in [5, 5.41) is 10.2. The van der Waals surface area contributed by atoms with Crippen LogP contribution >= 0.6 is 0 Å². The van der Waals surface area contributed by atoms with Gasteiger partial charge in [0.25, 0.3) is 5.91 Å². The van der Waals surface area contributed by atoms with Crippen LogP contribution in [0.4, 0.5) is 14.6 Å². The van der Waals surface area contributed by atoms with Crippen LogP contribution in [0.2, 0.25) is 0 Å². The molecule has 30 heavy (non-hydrogen) atoms. The second-order valence-electron chi connectivity index (χ2n) is 7.11. The zero-order valence-corrected chi connectivity index (χ0v) is 16.1. The Hall–Kier alpha value is -3.82. The van der Waals surface area contributed by atoms with E-state index in [0.29, 0.717) is 23.8 Å². The van der Waals surface area contributed by atoms with Crippen LogP contribution in [0.25, 0.3) is 28.2 Å². The molecule has 3 aromatic rings. The van der Waals surface area contributed by atoms with Gasteiger partial charge in [-0.3, -0.25) is 9.36 Å². The summed E-state index contributed by atoms with van der Waals surface area (Å²) in [5.74, 6) is -2.52. The van der Waals surface area contributed by atoms with Gasteiger partial charge in [-0.15, -0.1) is 0 Å². The van der Waals surface area contributed by atoms with E-state index in [2.05, 4.69) is 15.0 Å². The van der Waals surface area contributed by atoms with Crippen molar-refractivity contribution >= 4 is 28.6 Å². The molecule has 0 saturated heterocycles. The van der Waals surface area contributed by atoms with Crippen molar-refractivity contribution in [3.8, 4) is 11.4 Å². The molecule has 1 amide bonds. The van der Waals surface area contributed by atoms with Gasteiger partial charge in [0, 0.05) is 23.3 Å². The number of primary amides is 1. The van der Waals surface area contributed by atoms with Crippen LogP contribution in [0.3, 0.4) is 0 Å². The lowest BCUT2D eigenvalue weighted by molar-refractivity contribution is 0.100. The molecule has 0 unspecified atom stereocenters. The molecule has 4 rings (SSSR count). The quantitative estimate of drug-likeness (QED) is 0.605. The number of nitrogens with two attached hydrogens (primary N) is 2. The molecule has 5 N–H and O–H groups in total. The van der Waals surface area contributed by atoms with Gasteiger partial charge in [0.1, 0.15) is 39.9 Å². The minimum Gasteiger partial charge on any atom is -0.508 e. The number of fused-ring (bicyclic) bond motifs is 1. The van der Waals surface area contributed by atoms with Gasteiger partial charge >= 0.3 is 0 Å². The predicted octanol–water partition coefficient (Wildman–Crippen LogP) is 3.17. The number of nitrogen functional groups attached to an aromatic ring is 1. The molecule has 0 radical (unpaired) electrons. The Morgan fingerprint density at radius 3 is 2.70 bits per heavy atom. The molecular weight excluding hydrogens is 394 g/mol. The Balaban J connectivity index is 2.03. The summed E-state index contributed by atoms with van der Waals surface area (Å²) < 4.78 is 28.9. The van der Waals surface area contributed by atoms with Gasteiger partial charge in [0.05, 0.1) is 12.4 Å². The van der Waals surface area contributed by atoms with Crippen LogP contribution in [-0.2, 0) is 0 Å². The summed E-state index contributed by atoms with van der Waals surface area (Å²) in [5.41, 5.74) is 13.0. The fraction of sp³-hybridized carbons (Fsp3) is 0.200. The zero-order chi connectivity index (χ0) is 21.7. The summed E-state index contributed by atoms with van der Waals surface area (Å²) >= 11 is 0. The Labute approximate surface area is 169 Å². The number of carbonyl (C=O) groups excluding carboxylic acids is 1. The van der Waals surface area contributed by atoms with Crippen LogP contribution in [0, 0.1) is 17.6 Å². The number of aliphatic hydroxyl groups is 1. The van der Waals surface area contributed by atoms with Gasteiger partial charge in [-0.05, 0) is 19.4 Å². The first-order chi connectivity index (χ1) is 14.2. The number of amides is 1. The van der Waals surface area contributed by atoms with Crippen LogP contribution < -0.4 is 11.5 Å². The minimum absolute atomic E-state index is 0.00946. The molecular formula is C20H18F2N6O2. The number of pyridine rings is 1. The van der Waals surface area contributed by atoms with Crippen LogP contribution in [0.1, 0.15) is 30.6 Å². The summed E-state index contributed by atoms with van der Waals surface area (Å²) in [6, 6.07) is 0.676. The van der Waals surface area contributed by atoms with E-state index in [4.69, 9.17) is 11.5 Å². The monoisotopic (exact) mass is 412 g/mol. The SMILES string of the molecule is CC1=C(n2c(N)c(C(N)=O)c3nc(-c4ncc(F)cc4F)cnc32)[C@@H](C)CC=C1O. The molecule has 0 saturated carbocycles. The molecule has 0 bridgehead atoms. The molecule has 1 aliphatic rings. The van der Waals surface area contributed by atoms with Crippen LogP contribution in [-0.4, -0.2) is 30.5 Å². The van der Waals surface area contributed by atoms with Crippen molar-refractivity contribution in [1.29, 1.82) is 0 Å². The zero-order valence-electron chi connectivity index (χ0n) is 16.1. The average molecular weight is 412 g/mol. The molecule has 8 nitrogen and oxygen atoms in total. The van der Waals surface area contributed by atoms with Gasteiger partial charge in [0.15, 0.2) is 11.5 Å². The number of nitrogens with zero attached hydrogens (tertiary/aromatic N) is 4. The van der Waals surface area contributed by atoms with Crippen molar-refractivity contribution < 1.29 is 18.7 Å². The van der Waals surface area contributed by atoms with Crippen molar-refractivity contribution in [3.63, 3.8) is 0 Å². The van der Waals surface area contributed by atoms with E-state index in [-0.39, 0.29) is 45.6 Å². The fourth-order valence-electron chi connectivity index (χ4n) is 3.71. The third-order valence-corrected chi connectivity index (χ3v) is 5.14. The average Bonchev–Trinajstić information content (AvgIpc) is 2.96. The van der Waals surface area contributed by atoms with Crippen molar-refractivity contribution in [2.45, 2.75) is 20.3 Å². The maximum Gasteiger partial charge on any atom is 0.254 e. The summed E-state index contributed by atoms with van der Waals surface area (Å²) in [6.45, 7) is 3.67. The number of aliphatic hydroxyl groups excluding tert-OH is 1. The summed E-state index contributed by atoms with van der Waals surface area (Å²) in [7, 11) is 0. The highest BCUT2D eigenvalue weighted by atomic mass is 19.1. The number of carbonyl (C=O) groups is 1. The highest BCUT2D eigenvalue weighted by Crippen LogP contribution is 2.38. The molecule has 154 valence electrons. The predicted molar refractivity (Wildman–Crippen MR) is 107 cm³/mol. The standard InChI is InChI=1S/C20H18F2N6O2/c1-8-3-4-13(29)9(2)17(8)28-18(23)14(19(24)30)16-20(28)26-7-12(27-16)15-11(22)5-10(21)6-25-15/h4-8,29H,3,23H2,1-2H3,(H2,24,30)/t8-/m0/s1. The van der Waals surface area contributed by atoms with E-state index < -0.39 is 17.5 Å². The molecule has 1 atom stereocenters. The van der Waals surface area contributed by atoms with E-state index >= 15 is 0 Å². The first kappa shape index (κ1) is 19.5. The van der Waals surface area contributed by atoms with Gasteiger partial charge in [0.2, 0.25) is 0 Å². The molecule has 0 aliphatic heterocycles. The number of hydrogen-bond acceptors (Lipinski definition) is 6. The van der Waals surface area contributed by atoms with Crippen molar-refractivity contribution in [2.24, 2.45) is 11.7 Å². The number of allylic oxidation sites excluding steroid dienone is 3. The minimum atomic E-state index is -0.925. The maximum atomic E-state index is 14.2. The summed E-state index contributed by atoms with van der Waals surface area (Å²) in [6.07, 6.45) is 4.37. The van der Waals surface area contributed by atoms with Crippen LogP contribution in [0.5, 0.6) is 0 Å². The maximum absolute atomic E-state index is 14.2. The molecule has 0 aromatic carbocycles. The number of aromatic nitrogens is 4. The Morgan fingerprint density at radius 2 is 2.03 bits per heavy atom. The molecule has 0 fully saturated rings. The van der Waals surface area contributed by atoms with E-state index in [1.165, 1.54) is 10.8 Å². The number of halogens is 2. The van der Waals surface area contributed by atoms with Gasteiger partial charge in [-0.2, -0.15) is 0 Å². The topological polar surface area (TPSA) is 133 Å². The molecule has 1 aliphatic carbocycles. The van der Waals surface area contributed by atoms with Crippen LogP contribution in [0.15, 0.2) is 35.9 Å².